The van der Waals surface area contributed by atoms with Gasteiger partial charge < -0.3 is 4.57 Å². The van der Waals surface area contributed by atoms with Crippen molar-refractivity contribution in [3.05, 3.63) is 205 Å². The third kappa shape index (κ3) is 6.94. The molecule has 2 aromatic heterocycles. The summed E-state index contributed by atoms with van der Waals surface area (Å²) in [4.78, 5) is 14.7. The number of hydrogen-bond acceptors (Lipinski definition) is 3. The molecule has 0 N–H and O–H groups in total. The van der Waals surface area contributed by atoms with Crippen LogP contribution in [0.1, 0.15) is 16.7 Å². The van der Waals surface area contributed by atoms with Gasteiger partial charge in [-0.05, 0) is 107 Å². The minimum atomic E-state index is -4.63. The second-order valence-corrected chi connectivity index (χ2v) is 15.2. The Bertz CT molecular complexity index is 3100. The van der Waals surface area contributed by atoms with Gasteiger partial charge >= 0.3 is 6.18 Å². The number of fused-ring (bicyclic) bond motifs is 3. The lowest BCUT2D eigenvalue weighted by molar-refractivity contribution is -0.137. The number of nitrogens with zero attached hydrogens (tertiary/aromatic N) is 4. The van der Waals surface area contributed by atoms with E-state index in [4.69, 9.17) is 15.0 Å². The molecule has 0 saturated carbocycles. The fraction of sp³-hybridized carbons (Fsp3) is 0.0556. The molecule has 0 saturated heterocycles. The van der Waals surface area contributed by atoms with E-state index >= 15 is 0 Å². The summed E-state index contributed by atoms with van der Waals surface area (Å²) < 4.78 is 47.1. The van der Waals surface area contributed by atoms with E-state index in [2.05, 4.69) is 79.1 Å². The first-order valence-corrected chi connectivity index (χ1v) is 20.1. The number of alkyl halides is 3. The van der Waals surface area contributed by atoms with Crippen molar-refractivity contribution in [1.29, 1.82) is 0 Å². The SMILES string of the molecule is Cc1ccccc1-c1ccc2c(c1)c1cc(-c3ccccc3C)ccc1n2-c1ccc(-c2nc(-c3ccccc3)nc(-c3ccccc3)n2)c(-c2ccccc2C(F)(F)F)c1. The highest BCUT2D eigenvalue weighted by molar-refractivity contribution is 6.12. The van der Waals surface area contributed by atoms with Gasteiger partial charge in [-0.15, -0.1) is 0 Å². The van der Waals surface area contributed by atoms with Crippen LogP contribution in [-0.2, 0) is 6.18 Å². The minimum Gasteiger partial charge on any atom is -0.309 e. The first-order valence-electron chi connectivity index (χ1n) is 20.1. The van der Waals surface area contributed by atoms with Crippen molar-refractivity contribution >= 4 is 21.8 Å². The molecule has 61 heavy (non-hydrogen) atoms. The molecule has 0 atom stereocenters. The summed E-state index contributed by atoms with van der Waals surface area (Å²) in [5, 5.41) is 2.06. The molecule has 8 aromatic carbocycles. The van der Waals surface area contributed by atoms with Crippen molar-refractivity contribution in [2.24, 2.45) is 0 Å². The summed E-state index contributed by atoms with van der Waals surface area (Å²) in [6.07, 6.45) is -4.63. The smallest absolute Gasteiger partial charge is 0.309 e. The molecule has 0 spiro atoms. The normalized spacial score (nSPS) is 11.7. The van der Waals surface area contributed by atoms with E-state index in [0.717, 1.165) is 61.3 Å². The van der Waals surface area contributed by atoms with E-state index in [0.29, 0.717) is 28.5 Å². The number of rotatable bonds is 7. The fourth-order valence-corrected chi connectivity index (χ4v) is 8.41. The lowest BCUT2D eigenvalue weighted by Gasteiger charge is -2.18. The van der Waals surface area contributed by atoms with Crippen LogP contribution < -0.4 is 0 Å². The summed E-state index contributed by atoms with van der Waals surface area (Å²) in [5.74, 6) is 1.10. The average molecular weight is 799 g/mol. The second-order valence-electron chi connectivity index (χ2n) is 15.2. The lowest BCUT2D eigenvalue weighted by Crippen LogP contribution is -2.08. The Kier molecular flexibility index (Phi) is 9.37. The Morgan fingerprint density at radius 1 is 0.377 bits per heavy atom. The maximum absolute atomic E-state index is 15.0. The number of hydrogen-bond donors (Lipinski definition) is 0. The van der Waals surface area contributed by atoms with E-state index in [9.17, 15) is 13.2 Å². The highest BCUT2D eigenvalue weighted by Crippen LogP contribution is 2.44. The largest absolute Gasteiger partial charge is 0.417 e. The van der Waals surface area contributed by atoms with Gasteiger partial charge in [-0.3, -0.25) is 0 Å². The zero-order valence-electron chi connectivity index (χ0n) is 33.3. The van der Waals surface area contributed by atoms with Crippen LogP contribution in [0.15, 0.2) is 188 Å². The molecule has 0 aliphatic carbocycles. The van der Waals surface area contributed by atoms with E-state index in [1.807, 2.05) is 103 Å². The van der Waals surface area contributed by atoms with Crippen molar-refractivity contribution < 1.29 is 13.2 Å². The van der Waals surface area contributed by atoms with E-state index in [-0.39, 0.29) is 11.4 Å². The second kappa shape index (κ2) is 15.2. The molecule has 10 aromatic rings. The molecule has 294 valence electrons. The Hall–Kier alpha value is -7.64. The van der Waals surface area contributed by atoms with Gasteiger partial charge in [-0.1, -0.05) is 140 Å². The van der Waals surface area contributed by atoms with Gasteiger partial charge in [0, 0.05) is 33.2 Å². The maximum atomic E-state index is 15.0. The van der Waals surface area contributed by atoms with Crippen molar-refractivity contribution in [1.82, 2.24) is 19.5 Å². The predicted octanol–water partition coefficient (Wildman–Crippen LogP) is 14.6. The third-order valence-electron chi connectivity index (χ3n) is 11.4. The number of aromatic nitrogens is 4. The molecule has 0 amide bonds. The van der Waals surface area contributed by atoms with E-state index < -0.39 is 11.7 Å². The highest BCUT2D eigenvalue weighted by Gasteiger charge is 2.34. The topological polar surface area (TPSA) is 43.6 Å². The van der Waals surface area contributed by atoms with E-state index in [1.165, 1.54) is 23.3 Å². The third-order valence-corrected chi connectivity index (χ3v) is 11.4. The van der Waals surface area contributed by atoms with Gasteiger partial charge in [-0.2, -0.15) is 13.2 Å². The summed E-state index contributed by atoms with van der Waals surface area (Å²) in [7, 11) is 0. The fourth-order valence-electron chi connectivity index (χ4n) is 8.41. The standard InChI is InChI=1S/C54H37F3N4/c1-34-15-9-11-21-41(34)38-25-29-49-46(31-38)47-32-39(42-22-12-10-16-35(42)2)26-30-50(47)61(49)40-27-28-44(45(33-40)43-23-13-14-24-48(43)54(55,56)57)53-59-51(36-17-5-3-6-18-36)58-52(60-53)37-19-7-4-8-20-37/h3-33H,1-2H3. The molecule has 0 bridgehead atoms. The van der Waals surface area contributed by atoms with Gasteiger partial charge in [0.15, 0.2) is 17.5 Å². The molecule has 0 aliphatic heterocycles. The average Bonchev–Trinajstić information content (AvgIpc) is 3.62. The predicted molar refractivity (Wildman–Crippen MR) is 241 cm³/mol. The van der Waals surface area contributed by atoms with Crippen LogP contribution in [-0.4, -0.2) is 19.5 Å². The number of benzene rings is 8. The van der Waals surface area contributed by atoms with Crippen LogP contribution in [0.3, 0.4) is 0 Å². The van der Waals surface area contributed by atoms with Gasteiger partial charge in [-0.25, -0.2) is 15.0 Å². The molecule has 0 unspecified atom stereocenters. The van der Waals surface area contributed by atoms with Crippen molar-refractivity contribution in [3.63, 3.8) is 0 Å². The summed E-state index contributed by atoms with van der Waals surface area (Å²) in [5.41, 5.74) is 10.9. The molecule has 7 heteroatoms. The highest BCUT2D eigenvalue weighted by atomic mass is 19.4. The van der Waals surface area contributed by atoms with Gasteiger partial charge in [0.25, 0.3) is 0 Å². The van der Waals surface area contributed by atoms with Crippen LogP contribution >= 0.6 is 0 Å². The molecule has 2 heterocycles. The Labute approximate surface area is 351 Å². The summed E-state index contributed by atoms with van der Waals surface area (Å²) in [6, 6.07) is 60.0. The van der Waals surface area contributed by atoms with E-state index in [1.54, 1.807) is 6.07 Å². The molecule has 0 aliphatic rings. The first-order chi connectivity index (χ1) is 29.7. The van der Waals surface area contributed by atoms with Gasteiger partial charge in [0.05, 0.1) is 16.6 Å². The van der Waals surface area contributed by atoms with Crippen molar-refractivity contribution in [3.8, 4) is 73.2 Å². The first kappa shape index (κ1) is 37.6. The van der Waals surface area contributed by atoms with Crippen LogP contribution in [0.4, 0.5) is 13.2 Å². The zero-order valence-corrected chi connectivity index (χ0v) is 33.3. The van der Waals surface area contributed by atoms with Gasteiger partial charge in [0.2, 0.25) is 0 Å². The molecule has 0 fully saturated rings. The minimum absolute atomic E-state index is 0.0271. The molecular weight excluding hydrogens is 762 g/mol. The van der Waals surface area contributed by atoms with Gasteiger partial charge in [0.1, 0.15) is 0 Å². The van der Waals surface area contributed by atoms with Crippen LogP contribution in [0.25, 0.3) is 95.0 Å². The molecule has 10 rings (SSSR count). The quantitative estimate of drug-likeness (QED) is 0.161. The Morgan fingerprint density at radius 2 is 0.836 bits per heavy atom. The monoisotopic (exact) mass is 798 g/mol. The molecular formula is C54H37F3N4. The van der Waals surface area contributed by atoms with Crippen LogP contribution in [0.5, 0.6) is 0 Å². The lowest BCUT2D eigenvalue weighted by atomic mass is 9.93. The van der Waals surface area contributed by atoms with Crippen molar-refractivity contribution in [2.45, 2.75) is 20.0 Å². The summed E-state index contributed by atoms with van der Waals surface area (Å²) in [6.45, 7) is 4.22. The van der Waals surface area contributed by atoms with Crippen LogP contribution in [0.2, 0.25) is 0 Å². The van der Waals surface area contributed by atoms with Crippen molar-refractivity contribution in [2.75, 3.05) is 0 Å². The number of halogens is 3. The number of aryl methyl sites for hydroxylation is 2. The maximum Gasteiger partial charge on any atom is 0.417 e. The molecule has 0 radical (unpaired) electrons. The Morgan fingerprint density at radius 3 is 1.34 bits per heavy atom. The summed E-state index contributed by atoms with van der Waals surface area (Å²) >= 11 is 0. The van der Waals surface area contributed by atoms with Crippen LogP contribution in [0, 0.1) is 13.8 Å². The molecule has 4 nitrogen and oxygen atoms in total. The zero-order chi connectivity index (χ0) is 41.7. The Balaban J connectivity index is 1.25.